The first-order valence-electron chi connectivity index (χ1n) is 18.6. The summed E-state index contributed by atoms with van der Waals surface area (Å²) in [7, 11) is -6.49. The zero-order valence-corrected chi connectivity index (χ0v) is 38.9. The topological polar surface area (TPSA) is 188 Å². The van der Waals surface area contributed by atoms with Crippen LogP contribution < -0.4 is 13.1 Å². The van der Waals surface area contributed by atoms with Gasteiger partial charge < -0.3 is 23.3 Å². The van der Waals surface area contributed by atoms with Gasteiger partial charge in [0.05, 0.1) is 4.90 Å². The lowest BCUT2D eigenvalue weighted by molar-refractivity contribution is -0.131. The summed E-state index contributed by atoms with van der Waals surface area (Å²) in [6, 6.07) is 45.1. The Labute approximate surface area is 385 Å². The van der Waals surface area contributed by atoms with Crippen LogP contribution in [-0.2, 0) is 34.1 Å². The molecule has 7 rings (SSSR count). The number of halogens is 1. The Kier molecular flexibility index (Phi) is 16.9. The summed E-state index contributed by atoms with van der Waals surface area (Å²) in [6.07, 6.45) is 0. The number of aromatic hydroxyl groups is 2. The summed E-state index contributed by atoms with van der Waals surface area (Å²) in [5.74, 6) is 0.568. The molecule has 0 saturated heterocycles. The zero-order valence-electron chi connectivity index (χ0n) is 34.1. The van der Waals surface area contributed by atoms with Gasteiger partial charge in [0.2, 0.25) is 0 Å². The summed E-state index contributed by atoms with van der Waals surface area (Å²) >= 11 is 2.97. The standard InChI is InChI=1S/C27H22O8S3.C12H10O2S.C7H7ClO2S/c1-19-3-15-26(16-4-19)37(29,30)34-22-5-11-24(12-6-22)36-25-13-7-23(8-14-25)35-38(31,32)27-17-9-21(10-18-27)33-20(2)28;13-9-1-5-11(6-2-9)15-12-7-3-10(14)4-8-12;1-6-2-4-7(5-3-6)11(8,9)10/h3-18H,1-2H3;1-8,13-14H;2-5H,1H3. The summed E-state index contributed by atoms with van der Waals surface area (Å²) in [5, 5.41) is 18.2. The van der Waals surface area contributed by atoms with Crippen LogP contribution in [0.3, 0.4) is 0 Å². The number of hydrogen-bond acceptors (Lipinski definition) is 14. The summed E-state index contributed by atoms with van der Waals surface area (Å²) < 4.78 is 86.8. The van der Waals surface area contributed by atoms with Crippen LogP contribution in [0.15, 0.2) is 204 Å². The molecule has 0 amide bonds. The smallest absolute Gasteiger partial charge is 0.339 e. The Balaban J connectivity index is 0.000000239. The minimum Gasteiger partial charge on any atom is -0.508 e. The summed E-state index contributed by atoms with van der Waals surface area (Å²) in [6.45, 7) is 5.00. The molecule has 0 bridgehead atoms. The lowest BCUT2D eigenvalue weighted by Crippen LogP contribution is -2.10. The average Bonchev–Trinajstić information content (AvgIpc) is 3.24. The van der Waals surface area contributed by atoms with E-state index in [9.17, 15) is 30.0 Å². The average molecular weight is 980 g/mol. The molecule has 0 atom stereocenters. The predicted molar refractivity (Wildman–Crippen MR) is 246 cm³/mol. The van der Waals surface area contributed by atoms with Crippen LogP contribution in [0.5, 0.6) is 28.7 Å². The summed E-state index contributed by atoms with van der Waals surface area (Å²) in [4.78, 5) is 14.9. The maximum atomic E-state index is 12.6. The second kappa shape index (κ2) is 22.1. The molecule has 18 heteroatoms. The van der Waals surface area contributed by atoms with Crippen molar-refractivity contribution in [2.45, 2.75) is 55.0 Å². The van der Waals surface area contributed by atoms with E-state index < -0.39 is 35.3 Å². The van der Waals surface area contributed by atoms with Crippen LogP contribution in [0, 0.1) is 13.8 Å². The van der Waals surface area contributed by atoms with Gasteiger partial charge in [-0.05, 0) is 159 Å². The maximum absolute atomic E-state index is 12.6. The van der Waals surface area contributed by atoms with E-state index in [0.29, 0.717) is 0 Å². The third-order valence-electron chi connectivity index (χ3n) is 8.19. The molecule has 0 aliphatic rings. The van der Waals surface area contributed by atoms with Crippen molar-refractivity contribution >= 4 is 69.5 Å². The fourth-order valence-electron chi connectivity index (χ4n) is 5.02. The van der Waals surface area contributed by atoms with Crippen molar-refractivity contribution in [3.63, 3.8) is 0 Å². The zero-order chi connectivity index (χ0) is 46.5. The number of aryl methyl sites for hydroxylation is 2. The summed E-state index contributed by atoms with van der Waals surface area (Å²) in [5.41, 5.74) is 1.95. The van der Waals surface area contributed by atoms with Crippen LogP contribution in [0.2, 0.25) is 0 Å². The van der Waals surface area contributed by atoms with E-state index >= 15 is 0 Å². The van der Waals surface area contributed by atoms with E-state index in [1.807, 2.05) is 38.1 Å². The van der Waals surface area contributed by atoms with Gasteiger partial charge in [0.15, 0.2) is 0 Å². The molecule has 0 aromatic heterocycles. The van der Waals surface area contributed by atoms with Crippen LogP contribution >= 0.6 is 34.2 Å². The van der Waals surface area contributed by atoms with E-state index in [1.165, 1.54) is 79.3 Å². The minimum absolute atomic E-state index is 0.0740. The minimum atomic E-state index is -4.08. The number of benzene rings is 7. The predicted octanol–water partition coefficient (Wildman–Crippen LogP) is 10.8. The van der Waals surface area contributed by atoms with Crippen molar-refractivity contribution in [1.29, 1.82) is 0 Å². The molecule has 0 heterocycles. The van der Waals surface area contributed by atoms with Gasteiger partial charge in [0.1, 0.15) is 38.5 Å². The largest absolute Gasteiger partial charge is 0.508 e. The fraction of sp³-hybridized carbons (Fsp3) is 0.0652. The second-order valence-corrected chi connectivity index (χ2v) is 21.3. The lowest BCUT2D eigenvalue weighted by atomic mass is 10.2. The molecule has 332 valence electrons. The van der Waals surface area contributed by atoms with Gasteiger partial charge in [-0.15, -0.1) is 0 Å². The number of phenols is 2. The van der Waals surface area contributed by atoms with Crippen LogP contribution in [0.25, 0.3) is 0 Å². The van der Waals surface area contributed by atoms with Crippen LogP contribution in [0.4, 0.5) is 0 Å². The van der Waals surface area contributed by atoms with Gasteiger partial charge in [0, 0.05) is 37.2 Å². The van der Waals surface area contributed by atoms with Crippen molar-refractivity contribution in [3.05, 3.63) is 181 Å². The number of esters is 1. The molecular formula is C46H39ClO12S5. The maximum Gasteiger partial charge on any atom is 0.339 e. The normalized spacial score (nSPS) is 11.2. The highest BCUT2D eigenvalue weighted by Crippen LogP contribution is 2.32. The van der Waals surface area contributed by atoms with Crippen LogP contribution in [-0.4, -0.2) is 41.4 Å². The van der Waals surface area contributed by atoms with E-state index in [-0.39, 0.29) is 43.4 Å². The van der Waals surface area contributed by atoms with Crippen molar-refractivity contribution in [2.24, 2.45) is 0 Å². The highest BCUT2D eigenvalue weighted by Gasteiger charge is 2.18. The Hall–Kier alpha value is -5.95. The molecule has 0 radical (unpaired) electrons. The molecule has 0 spiro atoms. The Morgan fingerprint density at radius 3 is 1.03 bits per heavy atom. The highest BCUT2D eigenvalue weighted by molar-refractivity contribution is 8.13. The van der Waals surface area contributed by atoms with Crippen LogP contribution in [0.1, 0.15) is 18.1 Å². The Morgan fingerprint density at radius 1 is 0.438 bits per heavy atom. The third-order valence-corrected chi connectivity index (χ3v) is 14.1. The molecule has 7 aromatic rings. The number of carbonyl (C=O) groups is 1. The highest BCUT2D eigenvalue weighted by atomic mass is 35.7. The SMILES string of the molecule is CC(=O)Oc1ccc(S(=O)(=O)Oc2ccc(Sc3ccc(OS(=O)(=O)c4ccc(C)cc4)cc3)cc2)cc1.Cc1ccc(S(=O)(=O)Cl)cc1.Oc1ccc(Sc2ccc(O)cc2)cc1. The van der Waals surface area contributed by atoms with Gasteiger partial charge in [0.25, 0.3) is 9.05 Å². The first-order valence-corrected chi connectivity index (χ1v) is 25.4. The number of ether oxygens (including phenoxy) is 1. The Bertz CT molecular complexity index is 2920. The molecule has 0 saturated carbocycles. The molecule has 64 heavy (non-hydrogen) atoms. The first kappa shape index (κ1) is 49.1. The van der Waals surface area contributed by atoms with Gasteiger partial charge in [-0.3, -0.25) is 4.79 Å². The van der Waals surface area contributed by atoms with E-state index in [2.05, 4.69) is 0 Å². The number of rotatable bonds is 12. The van der Waals surface area contributed by atoms with Crippen molar-refractivity contribution < 1.29 is 53.4 Å². The molecule has 12 nitrogen and oxygen atoms in total. The van der Waals surface area contributed by atoms with E-state index in [1.54, 1.807) is 96.7 Å². The first-order chi connectivity index (χ1) is 30.2. The Morgan fingerprint density at radius 2 is 0.719 bits per heavy atom. The number of hydrogen-bond donors (Lipinski definition) is 2. The molecule has 0 fully saturated rings. The van der Waals surface area contributed by atoms with Gasteiger partial charge in [-0.1, -0.05) is 58.9 Å². The molecular weight excluding hydrogens is 940 g/mol. The molecule has 2 N–H and O–H groups in total. The van der Waals surface area contributed by atoms with E-state index in [4.69, 9.17) is 34.0 Å². The quantitative estimate of drug-likeness (QED) is 0.0509. The molecule has 0 unspecified atom stereocenters. The molecule has 7 aromatic carbocycles. The van der Waals surface area contributed by atoms with Gasteiger partial charge in [-0.2, -0.15) is 16.8 Å². The third kappa shape index (κ3) is 15.7. The molecule has 0 aliphatic heterocycles. The van der Waals surface area contributed by atoms with Gasteiger partial charge >= 0.3 is 26.2 Å². The number of carbonyl (C=O) groups excluding carboxylic acids is 1. The number of phenolic OH excluding ortho intramolecular Hbond substituents is 2. The van der Waals surface area contributed by atoms with Crippen molar-refractivity contribution in [3.8, 4) is 28.7 Å². The molecule has 0 aliphatic carbocycles. The second-order valence-electron chi connectivity index (χ2n) is 13.3. The monoisotopic (exact) mass is 978 g/mol. The lowest BCUT2D eigenvalue weighted by Gasteiger charge is -2.09. The van der Waals surface area contributed by atoms with E-state index in [0.717, 1.165) is 30.7 Å². The van der Waals surface area contributed by atoms with Crippen molar-refractivity contribution in [2.75, 3.05) is 0 Å². The van der Waals surface area contributed by atoms with Crippen molar-refractivity contribution in [1.82, 2.24) is 0 Å². The van der Waals surface area contributed by atoms with Gasteiger partial charge in [-0.25, -0.2) is 8.42 Å². The fourth-order valence-corrected chi connectivity index (χ4v) is 9.29.